The zero-order valence-electron chi connectivity index (χ0n) is 20.1. The van der Waals surface area contributed by atoms with E-state index in [1.807, 2.05) is 16.4 Å². The van der Waals surface area contributed by atoms with Crippen molar-refractivity contribution < 1.29 is 18.7 Å². The van der Waals surface area contributed by atoms with Crippen LogP contribution >= 0.6 is 0 Å². The summed E-state index contributed by atoms with van der Waals surface area (Å²) in [4.78, 5) is 33.5. The predicted molar refractivity (Wildman–Crippen MR) is 130 cm³/mol. The van der Waals surface area contributed by atoms with Crippen LogP contribution in [0.1, 0.15) is 59.3 Å². The molecule has 3 aromatic rings. The lowest BCUT2D eigenvalue weighted by atomic mass is 10.1. The molecule has 3 heterocycles. The van der Waals surface area contributed by atoms with E-state index >= 15 is 4.39 Å². The summed E-state index contributed by atoms with van der Waals surface area (Å²) in [5, 5.41) is 0. The van der Waals surface area contributed by atoms with E-state index in [1.165, 1.54) is 6.07 Å². The quantitative estimate of drug-likeness (QED) is 0.468. The Kier molecular flexibility index (Phi) is 6.28. The summed E-state index contributed by atoms with van der Waals surface area (Å²) in [6, 6.07) is 11.6. The van der Waals surface area contributed by atoms with Gasteiger partial charge in [-0.15, -0.1) is 0 Å². The zero-order valence-corrected chi connectivity index (χ0v) is 20.1. The topological polar surface area (TPSA) is 67.7 Å². The van der Waals surface area contributed by atoms with E-state index in [-0.39, 0.29) is 17.6 Å². The molecule has 2 amide bonds. The molecule has 5 rings (SSSR count). The van der Waals surface area contributed by atoms with Crippen molar-refractivity contribution in [1.82, 2.24) is 19.4 Å². The molecule has 2 aromatic carbocycles. The molecule has 0 radical (unpaired) electrons. The Bertz CT molecular complexity index is 1280. The number of hydrogen-bond acceptors (Lipinski definition) is 4. The largest absolute Gasteiger partial charge is 0.454 e. The maximum Gasteiger partial charge on any atom is 0.291 e. The van der Waals surface area contributed by atoms with Gasteiger partial charge in [-0.25, -0.2) is 9.37 Å². The minimum atomic E-state index is -0.527. The molecule has 1 aromatic heterocycles. The maximum atomic E-state index is 15.1. The third kappa shape index (κ3) is 4.40. The van der Waals surface area contributed by atoms with Crippen LogP contribution in [-0.2, 0) is 6.67 Å². The van der Waals surface area contributed by atoms with Crippen molar-refractivity contribution in [3.05, 3.63) is 65.4 Å². The van der Waals surface area contributed by atoms with Gasteiger partial charge in [-0.3, -0.25) is 9.59 Å². The molecule has 2 aliphatic heterocycles. The van der Waals surface area contributed by atoms with Crippen LogP contribution in [0.25, 0.3) is 11.3 Å². The number of unbranched alkanes of at least 4 members (excludes halogenated alkanes) is 1. The number of aryl methyl sites for hydroxylation is 1. The lowest BCUT2D eigenvalue weighted by molar-refractivity contribution is 0.0762. The van der Waals surface area contributed by atoms with Crippen molar-refractivity contribution in [2.45, 2.75) is 46.2 Å². The van der Waals surface area contributed by atoms with E-state index in [2.05, 4.69) is 11.9 Å². The fourth-order valence-corrected chi connectivity index (χ4v) is 4.79. The minimum absolute atomic E-state index is 0.0311. The van der Waals surface area contributed by atoms with Gasteiger partial charge in [0.1, 0.15) is 5.75 Å². The van der Waals surface area contributed by atoms with Crippen molar-refractivity contribution >= 4 is 11.8 Å². The van der Waals surface area contributed by atoms with E-state index in [0.29, 0.717) is 41.6 Å². The highest BCUT2D eigenvalue weighted by Crippen LogP contribution is 2.33. The third-order valence-corrected chi connectivity index (χ3v) is 6.62. The number of nitrogens with zero attached hydrogens (tertiary/aromatic N) is 4. The van der Waals surface area contributed by atoms with E-state index in [0.717, 1.165) is 44.5 Å². The van der Waals surface area contributed by atoms with Crippen molar-refractivity contribution in [3.8, 4) is 22.8 Å². The molecule has 0 bridgehead atoms. The number of amides is 2. The summed E-state index contributed by atoms with van der Waals surface area (Å²) in [5.74, 6) is 0.224. The molecule has 0 atom stereocenters. The molecular weight excluding hydrogens is 447 g/mol. The lowest BCUT2D eigenvalue weighted by Crippen LogP contribution is -2.27. The summed E-state index contributed by atoms with van der Waals surface area (Å²) < 4.78 is 22.8. The standard InChI is InChI=1S/C27H29FN4O3/c1-3-4-12-31-17-32-24(18(2)29-25(32)27(31)34)19-10-11-23(22(28)16-19)35-21-9-7-8-20(15-21)26(33)30-13-5-6-14-30/h7-11,15-16H,3-6,12-14,17H2,1-2H3. The van der Waals surface area contributed by atoms with E-state index in [4.69, 9.17) is 4.74 Å². The van der Waals surface area contributed by atoms with Gasteiger partial charge in [-0.2, -0.15) is 0 Å². The lowest BCUT2D eigenvalue weighted by Gasteiger charge is -2.16. The van der Waals surface area contributed by atoms with Gasteiger partial charge < -0.3 is 19.1 Å². The molecular formula is C27H29FN4O3. The van der Waals surface area contributed by atoms with Crippen LogP contribution in [-0.4, -0.2) is 50.8 Å². The number of likely N-dealkylation sites (tertiary alicyclic amines) is 1. The summed E-state index contributed by atoms with van der Waals surface area (Å²) in [6.45, 7) is 6.54. The highest BCUT2D eigenvalue weighted by molar-refractivity contribution is 5.95. The van der Waals surface area contributed by atoms with E-state index in [1.54, 1.807) is 41.3 Å². The number of benzene rings is 2. The number of halogens is 1. The molecule has 0 unspecified atom stereocenters. The Morgan fingerprint density at radius 3 is 2.69 bits per heavy atom. The Morgan fingerprint density at radius 1 is 1.14 bits per heavy atom. The number of aromatic nitrogens is 2. The number of carbonyl (C=O) groups is 2. The summed E-state index contributed by atoms with van der Waals surface area (Å²) >= 11 is 0. The molecule has 0 spiro atoms. The highest BCUT2D eigenvalue weighted by Gasteiger charge is 2.32. The Hall–Kier alpha value is -3.68. The van der Waals surface area contributed by atoms with Crippen molar-refractivity contribution in [1.29, 1.82) is 0 Å². The van der Waals surface area contributed by atoms with Crippen LogP contribution in [0.5, 0.6) is 11.5 Å². The Labute approximate surface area is 204 Å². The Balaban J connectivity index is 1.37. The Morgan fingerprint density at radius 2 is 1.94 bits per heavy atom. The van der Waals surface area contributed by atoms with Crippen LogP contribution in [0.3, 0.4) is 0 Å². The normalized spacial score (nSPS) is 15.1. The second-order valence-corrected chi connectivity index (χ2v) is 9.14. The molecule has 7 nitrogen and oxygen atoms in total. The highest BCUT2D eigenvalue weighted by atomic mass is 19.1. The second kappa shape index (κ2) is 9.52. The van der Waals surface area contributed by atoms with Crippen LogP contribution in [0.4, 0.5) is 4.39 Å². The van der Waals surface area contributed by atoms with Gasteiger partial charge in [0.15, 0.2) is 11.6 Å². The van der Waals surface area contributed by atoms with Gasteiger partial charge in [-0.1, -0.05) is 19.4 Å². The average molecular weight is 477 g/mol. The molecule has 0 aliphatic carbocycles. The van der Waals surface area contributed by atoms with Gasteiger partial charge >= 0.3 is 0 Å². The maximum absolute atomic E-state index is 15.1. The van der Waals surface area contributed by atoms with Gasteiger partial charge in [0.25, 0.3) is 11.8 Å². The van der Waals surface area contributed by atoms with E-state index < -0.39 is 5.82 Å². The number of imidazole rings is 1. The molecule has 182 valence electrons. The SMILES string of the molecule is CCCCN1Cn2c(nc(C)c2-c2ccc(Oc3cccc(C(=O)N4CCCC4)c3)c(F)c2)C1=O. The van der Waals surface area contributed by atoms with Crippen LogP contribution < -0.4 is 4.74 Å². The number of ether oxygens (including phenoxy) is 1. The zero-order chi connectivity index (χ0) is 24.5. The van der Waals surface area contributed by atoms with Crippen molar-refractivity contribution in [2.24, 2.45) is 0 Å². The number of fused-ring (bicyclic) bond motifs is 1. The van der Waals surface area contributed by atoms with E-state index in [9.17, 15) is 9.59 Å². The number of rotatable bonds is 7. The fourth-order valence-electron chi connectivity index (χ4n) is 4.79. The first-order chi connectivity index (χ1) is 17.0. The monoisotopic (exact) mass is 476 g/mol. The van der Waals surface area contributed by atoms with Crippen molar-refractivity contribution in [2.75, 3.05) is 19.6 Å². The number of hydrogen-bond donors (Lipinski definition) is 0. The third-order valence-electron chi connectivity index (χ3n) is 6.62. The van der Waals surface area contributed by atoms with Crippen molar-refractivity contribution in [3.63, 3.8) is 0 Å². The molecule has 1 saturated heterocycles. The van der Waals surface area contributed by atoms with Gasteiger partial charge in [0.2, 0.25) is 5.82 Å². The predicted octanol–water partition coefficient (Wildman–Crippen LogP) is 5.24. The first kappa shape index (κ1) is 23.1. The first-order valence-corrected chi connectivity index (χ1v) is 12.2. The smallest absolute Gasteiger partial charge is 0.291 e. The molecule has 1 fully saturated rings. The summed E-state index contributed by atoms with van der Waals surface area (Å²) in [7, 11) is 0. The summed E-state index contributed by atoms with van der Waals surface area (Å²) in [6.07, 6.45) is 3.96. The van der Waals surface area contributed by atoms with Crippen LogP contribution in [0.2, 0.25) is 0 Å². The molecule has 35 heavy (non-hydrogen) atoms. The molecule has 0 N–H and O–H groups in total. The molecule has 8 heteroatoms. The average Bonchev–Trinajstić information content (AvgIpc) is 3.57. The van der Waals surface area contributed by atoms with Gasteiger partial charge in [0, 0.05) is 30.8 Å². The van der Waals surface area contributed by atoms with Gasteiger partial charge in [0.05, 0.1) is 18.1 Å². The van der Waals surface area contributed by atoms with Gasteiger partial charge in [-0.05, 0) is 62.6 Å². The molecule has 2 aliphatic rings. The minimum Gasteiger partial charge on any atom is -0.454 e. The van der Waals surface area contributed by atoms with Crippen LogP contribution in [0.15, 0.2) is 42.5 Å². The number of carbonyl (C=O) groups excluding carboxylic acids is 2. The van der Waals surface area contributed by atoms with Crippen LogP contribution in [0, 0.1) is 12.7 Å². The second-order valence-electron chi connectivity index (χ2n) is 9.14. The fraction of sp³-hybridized carbons (Fsp3) is 0.370. The first-order valence-electron chi connectivity index (χ1n) is 12.2. The summed E-state index contributed by atoms with van der Waals surface area (Å²) in [5.41, 5.74) is 2.58. The molecule has 0 saturated carbocycles.